The van der Waals surface area contributed by atoms with E-state index in [9.17, 15) is 9.59 Å². The maximum Gasteiger partial charge on any atom is 0.335 e. The monoisotopic (exact) mass is 237 g/mol. The number of hydrogen-bond acceptors (Lipinski definition) is 3. The fraction of sp³-hybridized carbons (Fsp3) is 0.273. The highest BCUT2D eigenvalue weighted by Crippen LogP contribution is 2.35. The van der Waals surface area contributed by atoms with E-state index >= 15 is 0 Å². The Labute approximate surface area is 97.3 Å². The summed E-state index contributed by atoms with van der Waals surface area (Å²) in [5.74, 6) is -0.490. The van der Waals surface area contributed by atoms with Gasteiger partial charge in [-0.1, -0.05) is 0 Å². The van der Waals surface area contributed by atoms with Gasteiger partial charge >= 0.3 is 5.97 Å². The van der Waals surface area contributed by atoms with Gasteiger partial charge in [0.25, 0.3) is 0 Å². The molecule has 1 aromatic rings. The lowest BCUT2D eigenvalue weighted by Crippen LogP contribution is -2.35. The Balaban J connectivity index is 2.46. The molecule has 2 rings (SSSR count). The van der Waals surface area contributed by atoms with Crippen LogP contribution in [0.15, 0.2) is 23.1 Å². The average Bonchev–Trinajstić information content (AvgIpc) is 2.28. The van der Waals surface area contributed by atoms with Crippen LogP contribution in [-0.2, 0) is 4.79 Å². The molecule has 1 N–H and O–H groups in total. The first-order valence-corrected chi connectivity index (χ1v) is 5.92. The summed E-state index contributed by atoms with van der Waals surface area (Å²) in [6.45, 7) is 2.52. The summed E-state index contributed by atoms with van der Waals surface area (Å²) in [7, 11) is 0. The van der Waals surface area contributed by atoms with Gasteiger partial charge in [-0.2, -0.15) is 0 Å². The van der Waals surface area contributed by atoms with Crippen molar-refractivity contribution in [2.24, 2.45) is 0 Å². The predicted molar refractivity (Wildman–Crippen MR) is 62.2 cm³/mol. The van der Waals surface area contributed by atoms with Gasteiger partial charge in [0, 0.05) is 11.4 Å². The first kappa shape index (κ1) is 11.0. The zero-order valence-corrected chi connectivity index (χ0v) is 9.58. The molecular weight excluding hydrogens is 226 g/mol. The Morgan fingerprint density at radius 1 is 1.56 bits per heavy atom. The van der Waals surface area contributed by atoms with E-state index < -0.39 is 5.97 Å². The van der Waals surface area contributed by atoms with Gasteiger partial charge < -0.3 is 10.0 Å². The van der Waals surface area contributed by atoms with Crippen LogP contribution in [0.25, 0.3) is 0 Å². The number of rotatable bonds is 2. The molecular formula is C11H11NO3S. The molecule has 0 saturated heterocycles. The number of nitrogens with zero attached hydrogens (tertiary/aromatic N) is 1. The molecule has 4 nitrogen and oxygen atoms in total. The van der Waals surface area contributed by atoms with Crippen LogP contribution in [0.5, 0.6) is 0 Å². The number of carboxylic acids is 1. The molecule has 0 unspecified atom stereocenters. The Hall–Kier alpha value is -1.49. The van der Waals surface area contributed by atoms with Crippen molar-refractivity contribution in [2.75, 3.05) is 17.2 Å². The molecule has 0 saturated carbocycles. The molecule has 5 heteroatoms. The van der Waals surface area contributed by atoms with Crippen molar-refractivity contribution in [3.8, 4) is 0 Å². The third kappa shape index (κ3) is 1.78. The van der Waals surface area contributed by atoms with E-state index in [1.165, 1.54) is 17.8 Å². The summed E-state index contributed by atoms with van der Waals surface area (Å²) < 4.78 is 0. The number of carbonyl (C=O) groups is 2. The zero-order valence-electron chi connectivity index (χ0n) is 8.77. The number of amides is 1. The minimum Gasteiger partial charge on any atom is -0.478 e. The molecule has 1 aliphatic heterocycles. The van der Waals surface area contributed by atoms with Gasteiger partial charge in [-0.15, -0.1) is 11.8 Å². The zero-order chi connectivity index (χ0) is 11.7. The van der Waals surface area contributed by atoms with Crippen LogP contribution in [0, 0.1) is 0 Å². The van der Waals surface area contributed by atoms with E-state index in [0.29, 0.717) is 12.3 Å². The highest BCUT2D eigenvalue weighted by atomic mass is 32.2. The minimum atomic E-state index is -0.941. The molecule has 1 amide bonds. The summed E-state index contributed by atoms with van der Waals surface area (Å²) in [6, 6.07) is 4.85. The molecule has 0 fully saturated rings. The third-order valence-electron chi connectivity index (χ3n) is 2.47. The molecule has 1 aliphatic rings. The predicted octanol–water partition coefficient (Wildman–Crippen LogP) is 1.84. The van der Waals surface area contributed by atoms with Crippen molar-refractivity contribution < 1.29 is 14.7 Å². The first-order valence-electron chi connectivity index (χ1n) is 4.94. The van der Waals surface area contributed by atoms with Crippen molar-refractivity contribution in [3.05, 3.63) is 23.8 Å². The van der Waals surface area contributed by atoms with E-state index in [-0.39, 0.29) is 11.5 Å². The van der Waals surface area contributed by atoms with Crippen LogP contribution < -0.4 is 4.90 Å². The Bertz CT molecular complexity index is 459. The molecule has 1 heterocycles. The van der Waals surface area contributed by atoms with Gasteiger partial charge in [0.15, 0.2) is 0 Å². The number of aromatic carboxylic acids is 1. The fourth-order valence-corrected chi connectivity index (χ4v) is 2.66. The molecule has 0 aliphatic carbocycles. The number of benzene rings is 1. The van der Waals surface area contributed by atoms with Crippen LogP contribution >= 0.6 is 11.8 Å². The highest BCUT2D eigenvalue weighted by molar-refractivity contribution is 8.00. The Morgan fingerprint density at radius 2 is 2.31 bits per heavy atom. The standard InChI is InChI=1S/C11H11NO3S/c1-2-12-8-4-3-7(11(14)15)5-9(8)16-6-10(12)13/h3-5H,2,6H2,1H3,(H,14,15). The van der Waals surface area contributed by atoms with Crippen molar-refractivity contribution >= 4 is 29.3 Å². The molecule has 0 aromatic heterocycles. The Morgan fingerprint density at radius 3 is 2.94 bits per heavy atom. The normalized spacial score (nSPS) is 14.8. The maximum atomic E-state index is 11.6. The van der Waals surface area contributed by atoms with Crippen LogP contribution in [0.1, 0.15) is 17.3 Å². The van der Waals surface area contributed by atoms with Crippen molar-refractivity contribution in [1.82, 2.24) is 0 Å². The smallest absolute Gasteiger partial charge is 0.335 e. The van der Waals surface area contributed by atoms with E-state index in [4.69, 9.17) is 5.11 Å². The van der Waals surface area contributed by atoms with Gasteiger partial charge in [0.05, 0.1) is 17.0 Å². The highest BCUT2D eigenvalue weighted by Gasteiger charge is 2.23. The second-order valence-electron chi connectivity index (χ2n) is 3.41. The van der Waals surface area contributed by atoms with E-state index in [1.54, 1.807) is 17.0 Å². The molecule has 1 aromatic carbocycles. The first-order chi connectivity index (χ1) is 7.63. The summed E-state index contributed by atoms with van der Waals surface area (Å²) in [5, 5.41) is 8.87. The Kier molecular flexibility index (Phi) is 2.87. The number of anilines is 1. The van der Waals surface area contributed by atoms with Crippen LogP contribution in [0.2, 0.25) is 0 Å². The van der Waals surface area contributed by atoms with Gasteiger partial charge in [0.2, 0.25) is 5.91 Å². The van der Waals surface area contributed by atoms with Crippen LogP contribution in [0.4, 0.5) is 5.69 Å². The molecule has 16 heavy (non-hydrogen) atoms. The van der Waals surface area contributed by atoms with Gasteiger partial charge in [0.1, 0.15) is 0 Å². The summed E-state index contributed by atoms with van der Waals surface area (Å²) in [5.41, 5.74) is 1.07. The number of thioether (sulfide) groups is 1. The van der Waals surface area contributed by atoms with E-state index in [1.807, 2.05) is 6.92 Å². The summed E-state index contributed by atoms with van der Waals surface area (Å²) in [4.78, 5) is 24.9. The lowest BCUT2D eigenvalue weighted by Gasteiger charge is -2.27. The SMILES string of the molecule is CCN1C(=O)CSc2cc(C(=O)O)ccc21. The molecule has 84 valence electrons. The fourth-order valence-electron chi connectivity index (χ4n) is 1.68. The second kappa shape index (κ2) is 4.17. The third-order valence-corrected chi connectivity index (χ3v) is 3.50. The number of fused-ring (bicyclic) bond motifs is 1. The summed E-state index contributed by atoms with van der Waals surface area (Å²) >= 11 is 1.39. The number of hydrogen-bond donors (Lipinski definition) is 1. The quantitative estimate of drug-likeness (QED) is 0.852. The van der Waals surface area contributed by atoms with Gasteiger partial charge in [-0.25, -0.2) is 4.79 Å². The topological polar surface area (TPSA) is 57.6 Å². The molecule has 0 spiro atoms. The second-order valence-corrected chi connectivity index (χ2v) is 4.43. The minimum absolute atomic E-state index is 0.0723. The summed E-state index contributed by atoms with van der Waals surface area (Å²) in [6.07, 6.45) is 0. The largest absolute Gasteiger partial charge is 0.478 e. The van der Waals surface area contributed by atoms with E-state index in [2.05, 4.69) is 0 Å². The van der Waals surface area contributed by atoms with Crippen LogP contribution in [-0.4, -0.2) is 29.3 Å². The molecule has 0 radical (unpaired) electrons. The average molecular weight is 237 g/mol. The lowest BCUT2D eigenvalue weighted by atomic mass is 10.2. The van der Waals surface area contributed by atoms with Crippen LogP contribution in [0.3, 0.4) is 0 Å². The van der Waals surface area contributed by atoms with E-state index in [0.717, 1.165) is 10.6 Å². The van der Waals surface area contributed by atoms with Gasteiger partial charge in [-0.05, 0) is 25.1 Å². The molecule has 0 bridgehead atoms. The number of carboxylic acid groups (broad SMARTS) is 1. The van der Waals surface area contributed by atoms with Gasteiger partial charge in [-0.3, -0.25) is 4.79 Å². The molecule has 0 atom stereocenters. The van der Waals surface area contributed by atoms with Crippen molar-refractivity contribution in [1.29, 1.82) is 0 Å². The van der Waals surface area contributed by atoms with Crippen molar-refractivity contribution in [2.45, 2.75) is 11.8 Å². The number of carbonyl (C=O) groups excluding carboxylic acids is 1. The van der Waals surface area contributed by atoms with Crippen molar-refractivity contribution in [3.63, 3.8) is 0 Å². The lowest BCUT2D eigenvalue weighted by molar-refractivity contribution is -0.116. The maximum absolute atomic E-state index is 11.6.